The van der Waals surface area contributed by atoms with Crippen LogP contribution in [0.25, 0.3) is 0 Å². The summed E-state index contributed by atoms with van der Waals surface area (Å²) in [4.78, 5) is 11.9. The minimum absolute atomic E-state index is 0.338. The van der Waals surface area contributed by atoms with Crippen molar-refractivity contribution in [2.75, 3.05) is 0 Å². The first-order chi connectivity index (χ1) is 10.3. The molecule has 3 saturated carbocycles. The molecule has 0 aliphatic heterocycles. The SMILES string of the molecule is CC1(C)CC[C@H]2[C@@H]3CCC4=CC(=O)CC[C@]4(C)[C@@H]3CC[C@@]21C. The number of rotatable bonds is 0. The summed E-state index contributed by atoms with van der Waals surface area (Å²) < 4.78 is 0. The molecule has 0 N–H and O–H groups in total. The normalized spacial score (nSPS) is 49.9. The highest BCUT2D eigenvalue weighted by atomic mass is 16.1. The van der Waals surface area contributed by atoms with Crippen LogP contribution in [0.5, 0.6) is 0 Å². The minimum atomic E-state index is 0.338. The third-order valence-electron chi connectivity index (χ3n) is 8.98. The highest BCUT2D eigenvalue weighted by Crippen LogP contribution is 2.69. The van der Waals surface area contributed by atoms with E-state index in [9.17, 15) is 4.79 Å². The van der Waals surface area contributed by atoms with Crippen molar-refractivity contribution >= 4 is 5.78 Å². The Morgan fingerprint density at radius 3 is 2.41 bits per heavy atom. The summed E-state index contributed by atoms with van der Waals surface area (Å²) in [5.74, 6) is 3.06. The first kappa shape index (κ1) is 15.0. The second kappa shape index (κ2) is 4.48. The van der Waals surface area contributed by atoms with Gasteiger partial charge in [-0.1, -0.05) is 33.3 Å². The molecule has 4 rings (SSSR count). The van der Waals surface area contributed by atoms with E-state index < -0.39 is 0 Å². The Morgan fingerprint density at radius 1 is 0.909 bits per heavy atom. The summed E-state index contributed by atoms with van der Waals surface area (Å²) >= 11 is 0. The maximum Gasteiger partial charge on any atom is 0.155 e. The Kier molecular flexibility index (Phi) is 3.05. The van der Waals surface area contributed by atoms with E-state index in [4.69, 9.17) is 0 Å². The molecular weight excluding hydrogens is 268 g/mol. The van der Waals surface area contributed by atoms with Gasteiger partial charge in [-0.05, 0) is 85.0 Å². The molecule has 5 atom stereocenters. The van der Waals surface area contributed by atoms with E-state index >= 15 is 0 Å². The van der Waals surface area contributed by atoms with Crippen molar-refractivity contribution in [2.45, 2.75) is 79.1 Å². The molecule has 4 aliphatic rings. The van der Waals surface area contributed by atoms with Crippen LogP contribution in [0.15, 0.2) is 11.6 Å². The van der Waals surface area contributed by atoms with Crippen molar-refractivity contribution in [3.05, 3.63) is 11.6 Å². The summed E-state index contributed by atoms with van der Waals surface area (Å²) in [6, 6.07) is 0. The zero-order chi connectivity index (χ0) is 15.8. The smallest absolute Gasteiger partial charge is 0.155 e. The average Bonchev–Trinajstić information content (AvgIpc) is 2.70. The first-order valence-electron chi connectivity index (χ1n) is 9.52. The predicted molar refractivity (Wildman–Crippen MR) is 90.5 cm³/mol. The number of allylic oxidation sites excluding steroid dienone is 1. The third kappa shape index (κ3) is 1.74. The average molecular weight is 300 g/mol. The Labute approximate surface area is 135 Å². The lowest BCUT2D eigenvalue weighted by Gasteiger charge is -2.59. The third-order valence-corrected chi connectivity index (χ3v) is 8.98. The Morgan fingerprint density at radius 2 is 1.64 bits per heavy atom. The van der Waals surface area contributed by atoms with Gasteiger partial charge >= 0.3 is 0 Å². The van der Waals surface area contributed by atoms with Gasteiger partial charge in [-0.15, -0.1) is 0 Å². The highest BCUT2D eigenvalue weighted by molar-refractivity contribution is 5.91. The molecule has 0 saturated heterocycles. The molecule has 1 heteroatoms. The molecule has 0 bridgehead atoms. The second-order valence-electron chi connectivity index (χ2n) is 9.85. The Balaban J connectivity index is 1.70. The fraction of sp³-hybridized carbons (Fsp3) is 0.857. The lowest BCUT2D eigenvalue weighted by atomic mass is 9.45. The van der Waals surface area contributed by atoms with E-state index in [1.807, 2.05) is 6.08 Å². The van der Waals surface area contributed by atoms with Gasteiger partial charge in [-0.3, -0.25) is 4.79 Å². The molecule has 0 heterocycles. The number of fused-ring (bicyclic) bond motifs is 5. The first-order valence-corrected chi connectivity index (χ1v) is 9.52. The standard InChI is InChI=1S/C21H32O/c1-19(2)10-8-18-16-6-5-14-13-15(22)7-11-20(14,3)17(16)9-12-21(18,19)4/h13,16-18H,5-12H2,1-4H3/t16-,17-,18+,20+,21+/m1/s1. The maximum absolute atomic E-state index is 11.9. The topological polar surface area (TPSA) is 17.1 Å². The Hall–Kier alpha value is -0.590. The van der Waals surface area contributed by atoms with E-state index in [2.05, 4.69) is 27.7 Å². The van der Waals surface area contributed by atoms with Gasteiger partial charge in [0.15, 0.2) is 5.78 Å². The van der Waals surface area contributed by atoms with Crippen molar-refractivity contribution in [3.63, 3.8) is 0 Å². The molecule has 0 unspecified atom stereocenters. The molecule has 0 aromatic rings. The van der Waals surface area contributed by atoms with E-state index in [-0.39, 0.29) is 0 Å². The zero-order valence-electron chi connectivity index (χ0n) is 14.9. The van der Waals surface area contributed by atoms with Gasteiger partial charge in [0.1, 0.15) is 0 Å². The predicted octanol–water partition coefficient (Wildman–Crippen LogP) is 5.54. The van der Waals surface area contributed by atoms with Gasteiger partial charge < -0.3 is 0 Å². The van der Waals surface area contributed by atoms with Gasteiger partial charge in [0, 0.05) is 6.42 Å². The number of carbonyl (C=O) groups is 1. The molecule has 0 aromatic heterocycles. The fourth-order valence-corrected chi connectivity index (χ4v) is 7.05. The molecule has 0 amide bonds. The van der Waals surface area contributed by atoms with Gasteiger partial charge in [-0.2, -0.15) is 0 Å². The fourth-order valence-electron chi connectivity index (χ4n) is 7.05. The van der Waals surface area contributed by atoms with Crippen molar-refractivity contribution in [2.24, 2.45) is 34.0 Å². The van der Waals surface area contributed by atoms with Crippen molar-refractivity contribution in [1.29, 1.82) is 0 Å². The number of hydrogen-bond donors (Lipinski definition) is 0. The van der Waals surface area contributed by atoms with Crippen LogP contribution in [0, 0.1) is 34.0 Å². The number of carbonyl (C=O) groups excluding carboxylic acids is 1. The summed E-state index contributed by atoms with van der Waals surface area (Å²) in [6.07, 6.45) is 12.1. The van der Waals surface area contributed by atoms with Crippen molar-refractivity contribution in [1.82, 2.24) is 0 Å². The van der Waals surface area contributed by atoms with E-state index in [0.717, 1.165) is 30.6 Å². The molecule has 22 heavy (non-hydrogen) atoms. The largest absolute Gasteiger partial charge is 0.295 e. The minimum Gasteiger partial charge on any atom is -0.295 e. The lowest BCUT2D eigenvalue weighted by molar-refractivity contribution is -0.118. The summed E-state index contributed by atoms with van der Waals surface area (Å²) in [6.45, 7) is 10.1. The molecule has 0 radical (unpaired) electrons. The van der Waals surface area contributed by atoms with Crippen LogP contribution < -0.4 is 0 Å². The zero-order valence-corrected chi connectivity index (χ0v) is 14.9. The van der Waals surface area contributed by atoms with Crippen LogP contribution in [0.1, 0.15) is 79.1 Å². The molecule has 4 aliphatic carbocycles. The number of hydrogen-bond acceptors (Lipinski definition) is 1. The quantitative estimate of drug-likeness (QED) is 0.573. The van der Waals surface area contributed by atoms with Crippen molar-refractivity contribution < 1.29 is 4.79 Å². The molecular formula is C21H32O. The monoisotopic (exact) mass is 300 g/mol. The summed E-state index contributed by atoms with van der Waals surface area (Å²) in [7, 11) is 0. The van der Waals surface area contributed by atoms with Crippen LogP contribution in [-0.4, -0.2) is 5.78 Å². The van der Waals surface area contributed by atoms with Crippen LogP contribution >= 0.6 is 0 Å². The van der Waals surface area contributed by atoms with Gasteiger partial charge in [0.25, 0.3) is 0 Å². The highest BCUT2D eigenvalue weighted by Gasteiger charge is 2.61. The van der Waals surface area contributed by atoms with Gasteiger partial charge in [0.05, 0.1) is 0 Å². The van der Waals surface area contributed by atoms with Crippen LogP contribution in [0.3, 0.4) is 0 Å². The molecule has 3 fully saturated rings. The molecule has 1 nitrogen and oxygen atoms in total. The lowest BCUT2D eigenvalue weighted by Crippen LogP contribution is -2.51. The Bertz CT molecular complexity index is 542. The number of ketones is 1. The molecule has 122 valence electrons. The van der Waals surface area contributed by atoms with Gasteiger partial charge in [0.2, 0.25) is 0 Å². The second-order valence-corrected chi connectivity index (χ2v) is 9.85. The van der Waals surface area contributed by atoms with E-state index in [1.165, 1.54) is 44.1 Å². The summed E-state index contributed by atoms with van der Waals surface area (Å²) in [5.41, 5.74) is 2.91. The maximum atomic E-state index is 11.9. The van der Waals surface area contributed by atoms with Gasteiger partial charge in [-0.25, -0.2) is 0 Å². The molecule has 0 aromatic carbocycles. The van der Waals surface area contributed by atoms with Crippen LogP contribution in [-0.2, 0) is 4.79 Å². The summed E-state index contributed by atoms with van der Waals surface area (Å²) in [5, 5.41) is 0. The molecule has 0 spiro atoms. The van der Waals surface area contributed by atoms with Crippen LogP contribution in [0.4, 0.5) is 0 Å². The van der Waals surface area contributed by atoms with E-state index in [1.54, 1.807) is 0 Å². The van der Waals surface area contributed by atoms with E-state index in [0.29, 0.717) is 22.0 Å². The van der Waals surface area contributed by atoms with Crippen molar-refractivity contribution in [3.8, 4) is 0 Å². The van der Waals surface area contributed by atoms with Crippen LogP contribution in [0.2, 0.25) is 0 Å².